The van der Waals surface area contributed by atoms with E-state index in [0.29, 0.717) is 31.0 Å². The van der Waals surface area contributed by atoms with Gasteiger partial charge in [-0.25, -0.2) is 0 Å². The number of carbonyl (C=O) groups is 2. The summed E-state index contributed by atoms with van der Waals surface area (Å²) in [4.78, 5) is 27.8. The van der Waals surface area contributed by atoms with Gasteiger partial charge in [0.2, 0.25) is 0 Å². The third-order valence-corrected chi connectivity index (χ3v) is 13.6. The van der Waals surface area contributed by atoms with Gasteiger partial charge < -0.3 is 14.9 Å². The number of Topliss-reactive ketones (excluding diaryl/α,β-unsaturated/α-hetero) is 1. The summed E-state index contributed by atoms with van der Waals surface area (Å²) in [6, 6.07) is 0. The maximum absolute atomic E-state index is 14.4. The van der Waals surface area contributed by atoms with E-state index in [0.717, 1.165) is 38.5 Å². The number of esters is 1. The van der Waals surface area contributed by atoms with Crippen molar-refractivity contribution in [1.29, 1.82) is 0 Å². The molecule has 0 aromatic carbocycles. The van der Waals surface area contributed by atoms with Crippen LogP contribution >= 0.6 is 0 Å². The molecule has 2 N–H and O–H groups in total. The lowest BCUT2D eigenvalue weighted by atomic mass is 9.31. The van der Waals surface area contributed by atoms with Crippen LogP contribution < -0.4 is 0 Å². The van der Waals surface area contributed by atoms with Gasteiger partial charge in [-0.15, -0.1) is 0 Å². The Morgan fingerprint density at radius 2 is 1.50 bits per heavy atom. The summed E-state index contributed by atoms with van der Waals surface area (Å²) in [5.74, 6) is 0.144. The molecule has 0 heterocycles. The van der Waals surface area contributed by atoms with Crippen molar-refractivity contribution in [3.05, 3.63) is 0 Å². The highest BCUT2D eigenvalue weighted by atomic mass is 16.5. The van der Waals surface area contributed by atoms with Crippen molar-refractivity contribution in [3.63, 3.8) is 0 Å². The number of fused-ring (bicyclic) bond motifs is 7. The molecule has 0 spiro atoms. The number of methoxy groups -OCH3 is 1. The number of aliphatic hydroxyl groups is 2. The van der Waals surface area contributed by atoms with Gasteiger partial charge in [0, 0.05) is 12.3 Å². The molecule has 5 saturated carbocycles. The minimum absolute atomic E-state index is 0.0192. The Morgan fingerprint density at radius 1 is 0.833 bits per heavy atom. The second-order valence-electron chi connectivity index (χ2n) is 15.7. The van der Waals surface area contributed by atoms with Crippen LogP contribution in [0.3, 0.4) is 0 Å². The van der Waals surface area contributed by atoms with Gasteiger partial charge in [-0.2, -0.15) is 0 Å². The van der Waals surface area contributed by atoms with Crippen molar-refractivity contribution in [3.8, 4) is 0 Å². The molecule has 5 fully saturated rings. The number of hydrogen-bond donors (Lipinski definition) is 2. The molecule has 204 valence electrons. The van der Waals surface area contributed by atoms with Gasteiger partial charge in [0.1, 0.15) is 5.78 Å². The molecule has 0 aliphatic heterocycles. The van der Waals surface area contributed by atoms with E-state index in [2.05, 4.69) is 48.5 Å². The minimum Gasteiger partial charge on any atom is -0.469 e. The quantitative estimate of drug-likeness (QED) is 0.459. The van der Waals surface area contributed by atoms with Crippen LogP contribution in [0.5, 0.6) is 0 Å². The zero-order valence-electron chi connectivity index (χ0n) is 23.9. The van der Waals surface area contributed by atoms with E-state index < -0.39 is 11.5 Å². The first-order valence-corrected chi connectivity index (χ1v) is 14.5. The maximum Gasteiger partial charge on any atom is 0.314 e. The molecule has 10 atom stereocenters. The molecule has 5 aliphatic rings. The Hall–Kier alpha value is -0.940. The standard InChI is InChI=1S/C31H50O5/c1-26(2)13-14-31(25(35)36-8)18(16-26)24-19(32)15-21-28(5)11-10-22(33)27(3,4)20(28)9-12-29(21,6)30(24,7)17-23(31)34/h18,20-24,33-34H,9-17H2,1-8H3/t18?,20?,21?,22-,23+,24?,28-,29+,30+,31+/m0/s1. The van der Waals surface area contributed by atoms with Crippen molar-refractivity contribution < 1.29 is 24.5 Å². The number of rotatable bonds is 1. The highest BCUT2D eigenvalue weighted by Gasteiger charge is 2.75. The Labute approximate surface area is 218 Å². The van der Waals surface area contributed by atoms with E-state index in [4.69, 9.17) is 4.74 Å². The lowest BCUT2D eigenvalue weighted by Crippen LogP contribution is -2.72. The van der Waals surface area contributed by atoms with Crippen molar-refractivity contribution in [1.82, 2.24) is 0 Å². The molecule has 0 aromatic heterocycles. The Bertz CT molecular complexity index is 955. The highest BCUT2D eigenvalue weighted by Crippen LogP contribution is 2.76. The van der Waals surface area contributed by atoms with Crippen LogP contribution in [-0.2, 0) is 14.3 Å². The van der Waals surface area contributed by atoms with Crippen LogP contribution in [0.4, 0.5) is 0 Å². The van der Waals surface area contributed by atoms with Crippen LogP contribution in [0.1, 0.15) is 106 Å². The fraction of sp³-hybridized carbons (Fsp3) is 0.935. The SMILES string of the molecule is COC(=O)[C@]12CCC(C)(C)CC1C1C(=O)CC3[C@@]4(C)CC[C@H](O)C(C)(C)C4CC[C@@]3(C)[C@]1(C)C[C@H]2O. The van der Waals surface area contributed by atoms with Gasteiger partial charge >= 0.3 is 5.97 Å². The largest absolute Gasteiger partial charge is 0.469 e. The van der Waals surface area contributed by atoms with E-state index >= 15 is 0 Å². The molecular formula is C31H50O5. The van der Waals surface area contributed by atoms with Crippen LogP contribution in [0.25, 0.3) is 0 Å². The second-order valence-corrected chi connectivity index (χ2v) is 15.7. The summed E-state index contributed by atoms with van der Waals surface area (Å²) < 4.78 is 5.35. The normalized spacial score (nSPS) is 53.3. The van der Waals surface area contributed by atoms with Gasteiger partial charge in [-0.05, 0) is 96.2 Å². The number of ketones is 1. The molecule has 4 unspecified atom stereocenters. The number of ether oxygens (including phenoxy) is 1. The van der Waals surface area contributed by atoms with Crippen molar-refractivity contribution >= 4 is 11.8 Å². The van der Waals surface area contributed by atoms with Crippen molar-refractivity contribution in [2.75, 3.05) is 7.11 Å². The molecule has 0 amide bonds. The maximum atomic E-state index is 14.4. The minimum atomic E-state index is -0.981. The lowest BCUT2D eigenvalue weighted by Gasteiger charge is -2.73. The molecule has 5 rings (SSSR count). The molecular weight excluding hydrogens is 452 g/mol. The van der Waals surface area contributed by atoms with E-state index in [-0.39, 0.29) is 56.9 Å². The van der Waals surface area contributed by atoms with E-state index in [1.54, 1.807) is 0 Å². The molecule has 5 nitrogen and oxygen atoms in total. The van der Waals surface area contributed by atoms with E-state index in [9.17, 15) is 19.8 Å². The Balaban J connectivity index is 1.63. The smallest absolute Gasteiger partial charge is 0.314 e. The number of hydrogen-bond acceptors (Lipinski definition) is 5. The fourth-order valence-electron chi connectivity index (χ4n) is 11.4. The first-order valence-electron chi connectivity index (χ1n) is 14.5. The predicted octanol–water partition coefficient (Wildman–Crippen LogP) is 5.55. The molecule has 0 bridgehead atoms. The van der Waals surface area contributed by atoms with Gasteiger partial charge in [-0.3, -0.25) is 9.59 Å². The Kier molecular flexibility index (Phi) is 5.78. The summed E-state index contributed by atoms with van der Waals surface area (Å²) in [6.45, 7) is 16.0. The lowest BCUT2D eigenvalue weighted by molar-refractivity contribution is -0.263. The summed E-state index contributed by atoms with van der Waals surface area (Å²) in [7, 11) is 1.43. The molecule has 5 heteroatoms. The van der Waals surface area contributed by atoms with Crippen LogP contribution in [0.2, 0.25) is 0 Å². The third kappa shape index (κ3) is 3.08. The first kappa shape index (κ1) is 26.7. The topological polar surface area (TPSA) is 83.8 Å². The van der Waals surface area contributed by atoms with Crippen LogP contribution in [-0.4, -0.2) is 41.3 Å². The molecule has 0 saturated heterocycles. The molecule has 5 aliphatic carbocycles. The van der Waals surface area contributed by atoms with E-state index in [1.807, 2.05) is 0 Å². The summed E-state index contributed by atoms with van der Waals surface area (Å²) >= 11 is 0. The zero-order chi connectivity index (χ0) is 26.7. The van der Waals surface area contributed by atoms with Crippen molar-refractivity contribution in [2.45, 2.75) is 118 Å². The number of aliphatic hydroxyl groups excluding tert-OH is 2. The monoisotopic (exact) mass is 502 g/mol. The molecule has 0 radical (unpaired) electrons. The average Bonchev–Trinajstić information content (AvgIpc) is 2.77. The number of carbonyl (C=O) groups excluding carboxylic acids is 2. The average molecular weight is 503 g/mol. The summed E-state index contributed by atoms with van der Waals surface area (Å²) in [5, 5.41) is 22.8. The van der Waals surface area contributed by atoms with Gasteiger partial charge in [-0.1, -0.05) is 48.5 Å². The van der Waals surface area contributed by atoms with Crippen LogP contribution in [0.15, 0.2) is 0 Å². The Morgan fingerprint density at radius 3 is 2.14 bits per heavy atom. The fourth-order valence-corrected chi connectivity index (χ4v) is 11.4. The molecule has 0 aromatic rings. The molecule has 36 heavy (non-hydrogen) atoms. The zero-order valence-corrected chi connectivity index (χ0v) is 23.9. The predicted molar refractivity (Wildman–Crippen MR) is 139 cm³/mol. The van der Waals surface area contributed by atoms with E-state index in [1.165, 1.54) is 7.11 Å². The van der Waals surface area contributed by atoms with Crippen LogP contribution in [0, 0.1) is 56.2 Å². The van der Waals surface area contributed by atoms with Crippen molar-refractivity contribution in [2.24, 2.45) is 56.2 Å². The van der Waals surface area contributed by atoms with Gasteiger partial charge in [0.15, 0.2) is 0 Å². The van der Waals surface area contributed by atoms with Gasteiger partial charge in [0.05, 0.1) is 24.7 Å². The highest BCUT2D eigenvalue weighted by molar-refractivity contribution is 5.87. The summed E-state index contributed by atoms with van der Waals surface area (Å²) in [5.41, 5.74) is -1.64. The second kappa shape index (κ2) is 7.81. The first-order chi connectivity index (χ1) is 16.5. The van der Waals surface area contributed by atoms with Gasteiger partial charge in [0.25, 0.3) is 0 Å². The summed E-state index contributed by atoms with van der Waals surface area (Å²) in [6.07, 6.45) is 5.92. The third-order valence-electron chi connectivity index (χ3n) is 13.6.